The molecule has 0 N–H and O–H groups in total. The number of unbranched alkanes of at least 4 members (excludes halogenated alkanes) is 2. The summed E-state index contributed by atoms with van der Waals surface area (Å²) in [5.41, 5.74) is 0. The van der Waals surface area contributed by atoms with Gasteiger partial charge in [0.05, 0.1) is 11.8 Å². The molecule has 0 spiro atoms. The summed E-state index contributed by atoms with van der Waals surface area (Å²) in [6, 6.07) is 0. The van der Waals surface area contributed by atoms with Crippen LogP contribution in [-0.2, 0) is 19.1 Å². The highest BCUT2D eigenvalue weighted by atomic mass is 16.7. The maximum Gasteiger partial charge on any atom is 0.311 e. The Kier molecular flexibility index (Phi) is 11.9. The van der Waals surface area contributed by atoms with Crippen molar-refractivity contribution in [2.75, 3.05) is 0 Å². The third kappa shape index (κ3) is 8.40. The maximum absolute atomic E-state index is 12.1. The van der Waals surface area contributed by atoms with Gasteiger partial charge in [0.2, 0.25) is 6.29 Å². The number of carbonyl (C=O) groups excluding carboxylic acids is 2. The van der Waals surface area contributed by atoms with E-state index in [1.807, 2.05) is 13.8 Å². The standard InChI is InChI=1S/C18H34O4/c1-6-10-12-15(8-3)17(19)21-14(5)22-18(20)16(9-4)13-11-7-2/h14-16H,6-13H2,1-5H3. The highest BCUT2D eigenvalue weighted by molar-refractivity contribution is 5.74. The summed E-state index contributed by atoms with van der Waals surface area (Å²) >= 11 is 0. The minimum atomic E-state index is -0.800. The lowest BCUT2D eigenvalue weighted by Crippen LogP contribution is -2.28. The second kappa shape index (κ2) is 12.5. The molecule has 2 atom stereocenters. The minimum absolute atomic E-state index is 0.0943. The fourth-order valence-electron chi connectivity index (χ4n) is 2.42. The molecule has 0 saturated heterocycles. The van der Waals surface area contributed by atoms with Crippen LogP contribution >= 0.6 is 0 Å². The quantitative estimate of drug-likeness (QED) is 0.381. The van der Waals surface area contributed by atoms with Crippen LogP contribution in [-0.4, -0.2) is 18.2 Å². The van der Waals surface area contributed by atoms with E-state index in [4.69, 9.17) is 9.47 Å². The second-order valence-electron chi connectivity index (χ2n) is 5.94. The molecule has 0 rings (SSSR count). The van der Waals surface area contributed by atoms with Gasteiger partial charge >= 0.3 is 11.9 Å². The SMILES string of the molecule is CCCCC(CC)C(=O)OC(C)OC(=O)C(CC)CCCC. The van der Waals surface area contributed by atoms with Crippen LogP contribution in [0.2, 0.25) is 0 Å². The van der Waals surface area contributed by atoms with Crippen LogP contribution < -0.4 is 0 Å². The molecule has 0 aliphatic heterocycles. The topological polar surface area (TPSA) is 52.6 Å². The molecule has 4 nitrogen and oxygen atoms in total. The van der Waals surface area contributed by atoms with E-state index in [1.165, 1.54) is 0 Å². The van der Waals surface area contributed by atoms with E-state index in [0.29, 0.717) is 0 Å². The normalized spacial score (nSPS) is 15.0. The van der Waals surface area contributed by atoms with Crippen LogP contribution in [0.3, 0.4) is 0 Å². The molecular weight excluding hydrogens is 280 g/mol. The number of ether oxygens (including phenoxy) is 2. The van der Waals surface area contributed by atoms with Crippen molar-refractivity contribution in [3.8, 4) is 0 Å². The van der Waals surface area contributed by atoms with Crippen molar-refractivity contribution >= 4 is 11.9 Å². The minimum Gasteiger partial charge on any atom is -0.425 e. The average Bonchev–Trinajstić information content (AvgIpc) is 2.48. The molecule has 0 heterocycles. The average molecular weight is 314 g/mol. The summed E-state index contributed by atoms with van der Waals surface area (Å²) in [4.78, 5) is 24.1. The summed E-state index contributed by atoms with van der Waals surface area (Å²) in [6.07, 6.45) is 6.52. The Hall–Kier alpha value is -1.06. The molecule has 2 unspecified atom stereocenters. The Labute approximate surface area is 135 Å². The lowest BCUT2D eigenvalue weighted by Gasteiger charge is -2.21. The van der Waals surface area contributed by atoms with Gasteiger partial charge < -0.3 is 9.47 Å². The molecule has 0 aromatic heterocycles. The van der Waals surface area contributed by atoms with Crippen LogP contribution in [0, 0.1) is 11.8 Å². The van der Waals surface area contributed by atoms with Gasteiger partial charge in [0.1, 0.15) is 0 Å². The molecule has 130 valence electrons. The maximum atomic E-state index is 12.1. The van der Waals surface area contributed by atoms with Crippen LogP contribution in [0.5, 0.6) is 0 Å². The van der Waals surface area contributed by atoms with E-state index >= 15 is 0 Å². The first kappa shape index (κ1) is 20.9. The van der Waals surface area contributed by atoms with Crippen molar-refractivity contribution in [3.05, 3.63) is 0 Å². The summed E-state index contributed by atoms with van der Waals surface area (Å²) in [5.74, 6) is -0.693. The van der Waals surface area contributed by atoms with Crippen LogP contribution in [0.25, 0.3) is 0 Å². The number of hydrogen-bond donors (Lipinski definition) is 0. The van der Waals surface area contributed by atoms with E-state index in [0.717, 1.165) is 51.4 Å². The summed E-state index contributed by atoms with van der Waals surface area (Å²) in [5, 5.41) is 0. The van der Waals surface area contributed by atoms with E-state index in [1.54, 1.807) is 6.92 Å². The van der Waals surface area contributed by atoms with Gasteiger partial charge in [0.15, 0.2) is 0 Å². The molecule has 0 aromatic rings. The fraction of sp³-hybridized carbons (Fsp3) is 0.889. The molecule has 22 heavy (non-hydrogen) atoms. The first-order chi connectivity index (χ1) is 10.5. The smallest absolute Gasteiger partial charge is 0.311 e. The Morgan fingerprint density at radius 1 is 0.773 bits per heavy atom. The van der Waals surface area contributed by atoms with E-state index in [2.05, 4.69) is 13.8 Å². The van der Waals surface area contributed by atoms with Crippen LogP contribution in [0.4, 0.5) is 0 Å². The Balaban J connectivity index is 4.31. The highest BCUT2D eigenvalue weighted by Gasteiger charge is 2.24. The van der Waals surface area contributed by atoms with Crippen molar-refractivity contribution in [2.24, 2.45) is 11.8 Å². The molecule has 0 aliphatic carbocycles. The van der Waals surface area contributed by atoms with Crippen LogP contribution in [0.1, 0.15) is 86.0 Å². The highest BCUT2D eigenvalue weighted by Crippen LogP contribution is 2.18. The van der Waals surface area contributed by atoms with E-state index in [9.17, 15) is 9.59 Å². The summed E-state index contributed by atoms with van der Waals surface area (Å²) in [6.45, 7) is 9.79. The molecule has 0 saturated carbocycles. The zero-order valence-corrected chi connectivity index (χ0v) is 15.0. The van der Waals surface area contributed by atoms with Gasteiger partial charge in [-0.3, -0.25) is 9.59 Å². The van der Waals surface area contributed by atoms with Gasteiger partial charge in [-0.15, -0.1) is 0 Å². The molecule has 0 fully saturated rings. The van der Waals surface area contributed by atoms with Gasteiger partial charge in [0.25, 0.3) is 0 Å². The largest absolute Gasteiger partial charge is 0.425 e. The Morgan fingerprint density at radius 2 is 1.14 bits per heavy atom. The van der Waals surface area contributed by atoms with Crippen molar-refractivity contribution < 1.29 is 19.1 Å². The third-order valence-electron chi connectivity index (χ3n) is 4.03. The molecule has 0 aromatic carbocycles. The van der Waals surface area contributed by atoms with Crippen molar-refractivity contribution in [2.45, 2.75) is 92.3 Å². The first-order valence-electron chi connectivity index (χ1n) is 8.90. The Bertz CT molecular complexity index is 284. The number of rotatable bonds is 12. The van der Waals surface area contributed by atoms with Gasteiger partial charge in [-0.25, -0.2) is 0 Å². The molecular formula is C18H34O4. The van der Waals surface area contributed by atoms with Gasteiger partial charge in [0, 0.05) is 6.92 Å². The van der Waals surface area contributed by atoms with Gasteiger partial charge in [-0.1, -0.05) is 53.4 Å². The van der Waals surface area contributed by atoms with Crippen molar-refractivity contribution in [1.29, 1.82) is 0 Å². The first-order valence-corrected chi connectivity index (χ1v) is 8.90. The fourth-order valence-corrected chi connectivity index (χ4v) is 2.42. The Morgan fingerprint density at radius 3 is 1.41 bits per heavy atom. The lowest BCUT2D eigenvalue weighted by atomic mass is 9.99. The zero-order chi connectivity index (χ0) is 17.0. The third-order valence-corrected chi connectivity index (χ3v) is 4.03. The zero-order valence-electron chi connectivity index (χ0n) is 15.0. The molecule has 0 bridgehead atoms. The number of hydrogen-bond acceptors (Lipinski definition) is 4. The number of carbonyl (C=O) groups is 2. The summed E-state index contributed by atoms with van der Waals surface area (Å²) < 4.78 is 10.6. The molecule has 4 heteroatoms. The predicted octanol–water partition coefficient (Wildman–Crippen LogP) is 4.85. The second-order valence-corrected chi connectivity index (χ2v) is 5.94. The van der Waals surface area contributed by atoms with Crippen molar-refractivity contribution in [3.63, 3.8) is 0 Å². The monoisotopic (exact) mass is 314 g/mol. The van der Waals surface area contributed by atoms with Crippen LogP contribution in [0.15, 0.2) is 0 Å². The molecule has 0 radical (unpaired) electrons. The van der Waals surface area contributed by atoms with E-state index in [-0.39, 0.29) is 23.8 Å². The molecule has 0 amide bonds. The van der Waals surface area contributed by atoms with Crippen molar-refractivity contribution in [1.82, 2.24) is 0 Å². The van der Waals surface area contributed by atoms with E-state index < -0.39 is 6.29 Å². The van der Waals surface area contributed by atoms with Gasteiger partial charge in [-0.2, -0.15) is 0 Å². The lowest BCUT2D eigenvalue weighted by molar-refractivity contribution is -0.190. The summed E-state index contributed by atoms with van der Waals surface area (Å²) in [7, 11) is 0. The number of esters is 2. The van der Waals surface area contributed by atoms with Gasteiger partial charge in [-0.05, 0) is 25.7 Å². The predicted molar refractivity (Wildman–Crippen MR) is 88.3 cm³/mol. The molecule has 0 aliphatic rings.